The third-order valence-electron chi connectivity index (χ3n) is 3.45. The van der Waals surface area contributed by atoms with Gasteiger partial charge in [-0.05, 0) is 29.8 Å². The van der Waals surface area contributed by atoms with Gasteiger partial charge in [0.25, 0.3) is 0 Å². The van der Waals surface area contributed by atoms with Gasteiger partial charge < -0.3 is 15.2 Å². The smallest absolute Gasteiger partial charge is 0.338 e. The number of anilines is 1. The molecule has 1 atom stereocenters. The number of benzene rings is 2. The van der Waals surface area contributed by atoms with Crippen molar-refractivity contribution in [3.8, 4) is 5.75 Å². The topological polar surface area (TPSA) is 58.6 Å². The normalized spacial score (nSPS) is 16.1. The molecule has 0 amide bonds. The molecule has 0 spiro atoms. The molecule has 0 saturated carbocycles. The lowest BCUT2D eigenvalue weighted by atomic mass is 10.1. The van der Waals surface area contributed by atoms with Crippen LogP contribution in [-0.4, -0.2) is 23.7 Å². The molecule has 0 bridgehead atoms. The van der Waals surface area contributed by atoms with E-state index in [9.17, 15) is 9.18 Å². The Morgan fingerprint density at radius 1 is 1.33 bits per heavy atom. The third kappa shape index (κ3) is 2.81. The summed E-state index contributed by atoms with van der Waals surface area (Å²) >= 11 is 0. The van der Waals surface area contributed by atoms with Crippen LogP contribution in [0.5, 0.6) is 5.75 Å². The molecular formula is C16H14FNO3. The number of para-hydroxylation sites is 1. The second-order valence-corrected chi connectivity index (χ2v) is 4.93. The zero-order chi connectivity index (χ0) is 14.8. The van der Waals surface area contributed by atoms with Crippen LogP contribution in [0.2, 0.25) is 0 Å². The second kappa shape index (κ2) is 5.44. The number of carbonyl (C=O) groups is 1. The van der Waals surface area contributed by atoms with Crippen LogP contribution < -0.4 is 10.1 Å². The number of halogens is 1. The second-order valence-electron chi connectivity index (χ2n) is 4.93. The Kier molecular flexibility index (Phi) is 3.48. The summed E-state index contributed by atoms with van der Waals surface area (Å²) in [7, 11) is 0. The average molecular weight is 287 g/mol. The fourth-order valence-corrected chi connectivity index (χ4v) is 2.40. The van der Waals surface area contributed by atoms with Crippen molar-refractivity contribution in [1.29, 1.82) is 0 Å². The fraction of sp³-hybridized carbons (Fsp3) is 0.188. The van der Waals surface area contributed by atoms with E-state index in [1.54, 1.807) is 6.07 Å². The van der Waals surface area contributed by atoms with E-state index < -0.39 is 11.8 Å². The van der Waals surface area contributed by atoms with Crippen molar-refractivity contribution in [3.63, 3.8) is 0 Å². The van der Waals surface area contributed by atoms with Crippen LogP contribution in [0.4, 0.5) is 10.1 Å². The summed E-state index contributed by atoms with van der Waals surface area (Å²) in [6.07, 6.45) is 0.795. The first-order valence-corrected chi connectivity index (χ1v) is 6.65. The van der Waals surface area contributed by atoms with Gasteiger partial charge in [-0.2, -0.15) is 0 Å². The average Bonchev–Trinajstić information content (AvgIpc) is 2.87. The van der Waals surface area contributed by atoms with Gasteiger partial charge in [0.2, 0.25) is 0 Å². The van der Waals surface area contributed by atoms with Gasteiger partial charge in [-0.25, -0.2) is 9.18 Å². The number of carboxylic acid groups (broad SMARTS) is 1. The summed E-state index contributed by atoms with van der Waals surface area (Å²) in [6, 6.07) is 11.8. The van der Waals surface area contributed by atoms with Crippen molar-refractivity contribution in [2.75, 3.05) is 11.9 Å². The molecule has 2 aromatic carbocycles. The number of fused-ring (bicyclic) bond motifs is 1. The van der Waals surface area contributed by atoms with Gasteiger partial charge in [-0.3, -0.25) is 0 Å². The molecular weight excluding hydrogens is 273 g/mol. The molecule has 5 heteroatoms. The molecule has 0 fully saturated rings. The van der Waals surface area contributed by atoms with E-state index in [1.165, 1.54) is 12.1 Å². The zero-order valence-electron chi connectivity index (χ0n) is 11.2. The third-order valence-corrected chi connectivity index (χ3v) is 3.45. The molecule has 1 unspecified atom stereocenters. The first kappa shape index (κ1) is 13.4. The van der Waals surface area contributed by atoms with Crippen LogP contribution in [0.1, 0.15) is 15.9 Å². The van der Waals surface area contributed by atoms with Crippen LogP contribution in [0, 0.1) is 5.82 Å². The number of hydrogen-bond donors (Lipinski definition) is 2. The summed E-state index contributed by atoms with van der Waals surface area (Å²) in [5.74, 6) is -1.13. The van der Waals surface area contributed by atoms with E-state index in [0.717, 1.165) is 17.7 Å². The highest BCUT2D eigenvalue weighted by Crippen LogP contribution is 2.28. The van der Waals surface area contributed by atoms with Crippen LogP contribution >= 0.6 is 0 Å². The molecule has 21 heavy (non-hydrogen) atoms. The first-order chi connectivity index (χ1) is 10.1. The highest BCUT2D eigenvalue weighted by atomic mass is 19.1. The summed E-state index contributed by atoms with van der Waals surface area (Å²) in [4.78, 5) is 10.7. The molecule has 1 aliphatic heterocycles. The predicted octanol–water partition coefficient (Wildman–Crippen LogP) is 2.94. The van der Waals surface area contributed by atoms with Gasteiger partial charge >= 0.3 is 5.97 Å². The summed E-state index contributed by atoms with van der Waals surface area (Å²) in [6.45, 7) is 0.528. The van der Waals surface area contributed by atoms with Crippen LogP contribution in [-0.2, 0) is 6.42 Å². The number of carboxylic acids is 1. The van der Waals surface area contributed by atoms with Crippen LogP contribution in [0.3, 0.4) is 0 Å². The molecule has 0 radical (unpaired) electrons. The van der Waals surface area contributed by atoms with E-state index in [-0.39, 0.29) is 11.7 Å². The van der Waals surface area contributed by atoms with Gasteiger partial charge in [0.15, 0.2) is 0 Å². The van der Waals surface area contributed by atoms with Crippen molar-refractivity contribution in [2.24, 2.45) is 0 Å². The Morgan fingerprint density at radius 3 is 2.86 bits per heavy atom. The molecule has 4 nitrogen and oxygen atoms in total. The van der Waals surface area contributed by atoms with Gasteiger partial charge in [-0.1, -0.05) is 18.2 Å². The molecule has 0 aliphatic carbocycles. The predicted molar refractivity (Wildman–Crippen MR) is 76.4 cm³/mol. The van der Waals surface area contributed by atoms with Gasteiger partial charge in [0.1, 0.15) is 17.7 Å². The lowest BCUT2D eigenvalue weighted by Gasteiger charge is -2.13. The maximum absolute atomic E-state index is 13.6. The quantitative estimate of drug-likeness (QED) is 0.907. The molecule has 108 valence electrons. The molecule has 2 N–H and O–H groups in total. The van der Waals surface area contributed by atoms with Crippen molar-refractivity contribution < 1.29 is 19.0 Å². The van der Waals surface area contributed by atoms with Gasteiger partial charge in [0.05, 0.1) is 12.1 Å². The van der Waals surface area contributed by atoms with Crippen molar-refractivity contribution in [2.45, 2.75) is 12.5 Å². The van der Waals surface area contributed by atoms with Crippen LogP contribution in [0.25, 0.3) is 0 Å². The minimum atomic E-state index is -1.27. The SMILES string of the molecule is O=C(O)c1ccc(NCC2Cc3ccccc3O2)cc1F. The highest BCUT2D eigenvalue weighted by Gasteiger charge is 2.22. The minimum absolute atomic E-state index is 0.00962. The molecule has 1 aliphatic rings. The van der Waals surface area contributed by atoms with E-state index in [2.05, 4.69) is 5.32 Å². The minimum Gasteiger partial charge on any atom is -0.488 e. The van der Waals surface area contributed by atoms with E-state index in [1.807, 2.05) is 24.3 Å². The largest absolute Gasteiger partial charge is 0.488 e. The Balaban J connectivity index is 1.62. The maximum Gasteiger partial charge on any atom is 0.338 e. The number of nitrogens with one attached hydrogen (secondary N) is 1. The van der Waals surface area contributed by atoms with E-state index in [4.69, 9.17) is 9.84 Å². The summed E-state index contributed by atoms with van der Waals surface area (Å²) in [5.41, 5.74) is 1.37. The molecule has 2 aromatic rings. The van der Waals surface area contributed by atoms with Gasteiger partial charge in [0, 0.05) is 12.1 Å². The number of ether oxygens (including phenoxy) is 1. The van der Waals surface area contributed by atoms with Crippen molar-refractivity contribution in [1.82, 2.24) is 0 Å². The van der Waals surface area contributed by atoms with E-state index in [0.29, 0.717) is 12.2 Å². The number of rotatable bonds is 4. The molecule has 0 saturated heterocycles. The van der Waals surface area contributed by atoms with Gasteiger partial charge in [-0.15, -0.1) is 0 Å². The van der Waals surface area contributed by atoms with Crippen molar-refractivity contribution in [3.05, 3.63) is 59.4 Å². The van der Waals surface area contributed by atoms with Crippen LogP contribution in [0.15, 0.2) is 42.5 Å². The highest BCUT2D eigenvalue weighted by molar-refractivity contribution is 5.88. The fourth-order valence-electron chi connectivity index (χ4n) is 2.40. The molecule has 3 rings (SSSR count). The lowest BCUT2D eigenvalue weighted by Crippen LogP contribution is -2.24. The standard InChI is InChI=1S/C16H14FNO3/c17-14-8-11(5-6-13(14)16(19)20)18-9-12-7-10-3-1-2-4-15(10)21-12/h1-6,8,12,18H,7,9H2,(H,19,20). The Labute approximate surface area is 121 Å². The molecule has 0 aromatic heterocycles. The Bertz CT molecular complexity index is 662. The van der Waals surface area contributed by atoms with E-state index >= 15 is 0 Å². The van der Waals surface area contributed by atoms with Crippen molar-refractivity contribution >= 4 is 11.7 Å². The monoisotopic (exact) mass is 287 g/mol. The Hall–Kier alpha value is -2.56. The molecule has 1 heterocycles. The zero-order valence-corrected chi connectivity index (χ0v) is 11.2. The number of hydrogen-bond acceptors (Lipinski definition) is 3. The summed E-state index contributed by atoms with van der Waals surface area (Å²) in [5, 5.41) is 11.8. The lowest BCUT2D eigenvalue weighted by molar-refractivity contribution is 0.0692. The number of aromatic carboxylic acids is 1. The Morgan fingerprint density at radius 2 is 2.14 bits per heavy atom. The maximum atomic E-state index is 13.6. The first-order valence-electron chi connectivity index (χ1n) is 6.65. The summed E-state index contributed by atoms with van der Waals surface area (Å²) < 4.78 is 19.3.